The molecule has 1 N–H and O–H groups in total. The minimum Gasteiger partial charge on any atom is -0.396 e. The summed E-state index contributed by atoms with van der Waals surface area (Å²) >= 11 is 4.16. The zero-order valence-electron chi connectivity index (χ0n) is 7.97. The molecule has 0 aromatic heterocycles. The van der Waals surface area contributed by atoms with Crippen LogP contribution in [-0.4, -0.2) is 17.5 Å². The van der Waals surface area contributed by atoms with Crippen molar-refractivity contribution in [1.82, 2.24) is 0 Å². The topological polar surface area (TPSA) is 20.2 Å². The van der Waals surface area contributed by atoms with Gasteiger partial charge in [0.05, 0.1) is 0 Å². The second kappa shape index (κ2) is 11.3. The highest BCUT2D eigenvalue weighted by Gasteiger charge is 1.90. The van der Waals surface area contributed by atoms with E-state index in [0.717, 1.165) is 12.2 Å². The minimum absolute atomic E-state index is 0.361. The van der Waals surface area contributed by atoms with Crippen molar-refractivity contribution in [2.45, 2.75) is 51.4 Å². The minimum atomic E-state index is 0.361. The Balaban J connectivity index is 2.73. The van der Waals surface area contributed by atoms with Crippen molar-refractivity contribution >= 4 is 12.6 Å². The van der Waals surface area contributed by atoms with Gasteiger partial charge in [-0.3, -0.25) is 0 Å². The van der Waals surface area contributed by atoms with Crippen LogP contribution in [0, 0.1) is 0 Å². The molecule has 0 aromatic carbocycles. The SMILES string of the molecule is OCCCCCCCCCCS. The van der Waals surface area contributed by atoms with Gasteiger partial charge in [0.1, 0.15) is 0 Å². The summed E-state index contributed by atoms with van der Waals surface area (Å²) in [5, 5.41) is 8.53. The highest BCUT2D eigenvalue weighted by atomic mass is 32.1. The van der Waals surface area contributed by atoms with E-state index in [-0.39, 0.29) is 0 Å². The predicted molar refractivity (Wildman–Crippen MR) is 57.9 cm³/mol. The van der Waals surface area contributed by atoms with Gasteiger partial charge in [0.2, 0.25) is 0 Å². The van der Waals surface area contributed by atoms with E-state index < -0.39 is 0 Å². The van der Waals surface area contributed by atoms with Crippen LogP contribution >= 0.6 is 12.6 Å². The highest BCUT2D eigenvalue weighted by Crippen LogP contribution is 2.08. The second-order valence-electron chi connectivity index (χ2n) is 3.28. The van der Waals surface area contributed by atoms with E-state index in [2.05, 4.69) is 12.6 Å². The Bertz CT molecular complexity index is 66.2. The smallest absolute Gasteiger partial charge is 0.0431 e. The van der Waals surface area contributed by atoms with Crippen molar-refractivity contribution in [1.29, 1.82) is 0 Å². The van der Waals surface area contributed by atoms with Crippen LogP contribution < -0.4 is 0 Å². The molecule has 2 heteroatoms. The molecule has 0 spiro atoms. The fourth-order valence-corrected chi connectivity index (χ4v) is 1.51. The summed E-state index contributed by atoms with van der Waals surface area (Å²) < 4.78 is 0. The maximum absolute atomic E-state index is 8.53. The summed E-state index contributed by atoms with van der Waals surface area (Å²) in [5.41, 5.74) is 0. The molecule has 0 fully saturated rings. The van der Waals surface area contributed by atoms with Crippen LogP contribution in [0.3, 0.4) is 0 Å². The third-order valence-electron chi connectivity index (χ3n) is 2.07. The van der Waals surface area contributed by atoms with Crippen LogP contribution in [-0.2, 0) is 0 Å². The average molecular weight is 190 g/mol. The normalized spacial score (nSPS) is 10.5. The van der Waals surface area contributed by atoms with Crippen LogP contribution in [0.2, 0.25) is 0 Å². The molecule has 0 amide bonds. The fraction of sp³-hybridized carbons (Fsp3) is 1.00. The molecule has 0 atom stereocenters. The maximum atomic E-state index is 8.53. The standard InChI is InChI=1S/C10H22OS/c11-9-7-5-3-1-2-4-6-8-10-12/h11-12H,1-10H2. The van der Waals surface area contributed by atoms with Crippen LogP contribution in [0.4, 0.5) is 0 Å². The van der Waals surface area contributed by atoms with Gasteiger partial charge in [-0.25, -0.2) is 0 Å². The van der Waals surface area contributed by atoms with Gasteiger partial charge in [-0.15, -0.1) is 0 Å². The molecule has 0 radical (unpaired) electrons. The molecule has 0 aliphatic rings. The van der Waals surface area contributed by atoms with Gasteiger partial charge in [0, 0.05) is 6.61 Å². The Hall–Kier alpha value is 0.310. The molecule has 0 unspecified atom stereocenters. The monoisotopic (exact) mass is 190 g/mol. The van der Waals surface area contributed by atoms with Crippen LogP contribution in [0.1, 0.15) is 51.4 Å². The first-order chi connectivity index (χ1) is 5.91. The summed E-state index contributed by atoms with van der Waals surface area (Å²) in [6, 6.07) is 0. The number of aliphatic hydroxyl groups excluding tert-OH is 1. The number of rotatable bonds is 9. The van der Waals surface area contributed by atoms with Crippen LogP contribution in [0.25, 0.3) is 0 Å². The van der Waals surface area contributed by atoms with E-state index in [1.807, 2.05) is 0 Å². The van der Waals surface area contributed by atoms with Gasteiger partial charge in [0.25, 0.3) is 0 Å². The number of unbranched alkanes of at least 4 members (excludes halogenated alkanes) is 7. The lowest BCUT2D eigenvalue weighted by molar-refractivity contribution is 0.282. The molecule has 0 saturated carbocycles. The lowest BCUT2D eigenvalue weighted by Crippen LogP contribution is -1.84. The van der Waals surface area contributed by atoms with Gasteiger partial charge in [-0.1, -0.05) is 38.5 Å². The Morgan fingerprint density at radius 2 is 1.08 bits per heavy atom. The van der Waals surface area contributed by atoms with E-state index >= 15 is 0 Å². The number of hydrogen-bond acceptors (Lipinski definition) is 2. The van der Waals surface area contributed by atoms with Gasteiger partial charge < -0.3 is 5.11 Å². The molecule has 0 rings (SSSR count). The quantitative estimate of drug-likeness (QED) is 0.423. The first kappa shape index (κ1) is 12.3. The van der Waals surface area contributed by atoms with Gasteiger partial charge >= 0.3 is 0 Å². The van der Waals surface area contributed by atoms with E-state index in [1.165, 1.54) is 44.9 Å². The predicted octanol–water partition coefficient (Wildman–Crippen LogP) is 3.03. The average Bonchev–Trinajstić information content (AvgIpc) is 2.10. The van der Waals surface area contributed by atoms with E-state index in [9.17, 15) is 0 Å². The molecule has 0 aliphatic carbocycles. The Morgan fingerprint density at radius 3 is 1.50 bits per heavy atom. The maximum Gasteiger partial charge on any atom is 0.0431 e. The zero-order valence-corrected chi connectivity index (χ0v) is 8.86. The van der Waals surface area contributed by atoms with Crippen molar-refractivity contribution in [2.75, 3.05) is 12.4 Å². The first-order valence-electron chi connectivity index (χ1n) is 5.13. The summed E-state index contributed by atoms with van der Waals surface area (Å²) in [6.45, 7) is 0.361. The van der Waals surface area contributed by atoms with E-state index in [0.29, 0.717) is 6.61 Å². The molecule has 0 heterocycles. The molecule has 0 saturated heterocycles. The summed E-state index contributed by atoms with van der Waals surface area (Å²) in [4.78, 5) is 0. The molecule has 0 aliphatic heterocycles. The van der Waals surface area contributed by atoms with Crippen molar-refractivity contribution in [3.8, 4) is 0 Å². The lowest BCUT2D eigenvalue weighted by atomic mass is 10.1. The van der Waals surface area contributed by atoms with Gasteiger partial charge in [0.15, 0.2) is 0 Å². The largest absolute Gasteiger partial charge is 0.396 e. The third-order valence-corrected chi connectivity index (χ3v) is 2.38. The molecule has 74 valence electrons. The van der Waals surface area contributed by atoms with Crippen molar-refractivity contribution < 1.29 is 5.11 Å². The highest BCUT2D eigenvalue weighted by molar-refractivity contribution is 7.80. The summed E-state index contributed by atoms with van der Waals surface area (Å²) in [6.07, 6.45) is 10.1. The molecule has 12 heavy (non-hydrogen) atoms. The molecule has 0 bridgehead atoms. The van der Waals surface area contributed by atoms with Gasteiger partial charge in [-0.2, -0.15) is 12.6 Å². The molecular formula is C10H22OS. The molecule has 0 aromatic rings. The third kappa shape index (κ3) is 10.3. The van der Waals surface area contributed by atoms with E-state index in [1.54, 1.807) is 0 Å². The number of aliphatic hydroxyl groups is 1. The Kier molecular flexibility index (Phi) is 11.6. The fourth-order valence-electron chi connectivity index (χ4n) is 1.28. The van der Waals surface area contributed by atoms with Crippen molar-refractivity contribution in [3.05, 3.63) is 0 Å². The molecule has 1 nitrogen and oxygen atoms in total. The summed E-state index contributed by atoms with van der Waals surface area (Å²) in [5.74, 6) is 1.03. The lowest BCUT2D eigenvalue weighted by Gasteiger charge is -1.99. The Morgan fingerprint density at radius 1 is 0.667 bits per heavy atom. The van der Waals surface area contributed by atoms with Crippen LogP contribution in [0.15, 0.2) is 0 Å². The van der Waals surface area contributed by atoms with Crippen LogP contribution in [0.5, 0.6) is 0 Å². The van der Waals surface area contributed by atoms with Crippen molar-refractivity contribution in [2.24, 2.45) is 0 Å². The number of thiol groups is 1. The summed E-state index contributed by atoms with van der Waals surface area (Å²) in [7, 11) is 0. The molecular weight excluding hydrogens is 168 g/mol. The van der Waals surface area contributed by atoms with Gasteiger partial charge in [-0.05, 0) is 18.6 Å². The first-order valence-corrected chi connectivity index (χ1v) is 5.76. The zero-order chi connectivity index (χ0) is 9.07. The van der Waals surface area contributed by atoms with Crippen molar-refractivity contribution in [3.63, 3.8) is 0 Å². The number of hydrogen-bond donors (Lipinski definition) is 2. The van der Waals surface area contributed by atoms with E-state index in [4.69, 9.17) is 5.11 Å². The second-order valence-corrected chi connectivity index (χ2v) is 3.72. The Labute approximate surface area is 82.0 Å².